The van der Waals surface area contributed by atoms with Gasteiger partial charge in [-0.05, 0) is 65.2 Å². The molecule has 1 saturated heterocycles. The van der Waals surface area contributed by atoms with Crippen LogP contribution in [0.25, 0.3) is 11.0 Å². The minimum Gasteiger partial charge on any atom is -0.497 e. The summed E-state index contributed by atoms with van der Waals surface area (Å²) >= 11 is 0. The largest absolute Gasteiger partial charge is 0.497 e. The van der Waals surface area contributed by atoms with Crippen LogP contribution in [0.2, 0.25) is 0 Å². The smallest absolute Gasteiger partial charge is 0.255 e. The summed E-state index contributed by atoms with van der Waals surface area (Å²) in [7, 11) is 4.80. The number of benzene rings is 5. The van der Waals surface area contributed by atoms with Gasteiger partial charge in [0.1, 0.15) is 40.9 Å². The molecule has 1 aliphatic heterocycles. The normalized spacial score (nSPS) is 18.8. The Morgan fingerprint density at radius 1 is 0.784 bits per heavy atom. The van der Waals surface area contributed by atoms with Crippen LogP contribution in [0.1, 0.15) is 33.3 Å². The molecule has 2 heterocycles. The third kappa shape index (κ3) is 6.46. The number of aromatic nitrogens is 2. The Labute approximate surface area is 296 Å². The first-order valence-electron chi connectivity index (χ1n) is 16.6. The van der Waals surface area contributed by atoms with Crippen LogP contribution in [0.15, 0.2) is 134 Å². The maximum absolute atomic E-state index is 13.0. The minimum absolute atomic E-state index is 0.00942. The summed E-state index contributed by atoms with van der Waals surface area (Å²) in [4.78, 5) is 17.6. The lowest BCUT2D eigenvalue weighted by molar-refractivity contribution is -0.0947. The third-order valence-electron chi connectivity index (χ3n) is 9.38. The number of hydrogen-bond donors (Lipinski definition) is 2. The van der Waals surface area contributed by atoms with Gasteiger partial charge >= 0.3 is 0 Å². The molecule has 7 rings (SSSR count). The number of methoxy groups -OCH3 is 3. The number of nitrogens with one attached hydrogen (secondary N) is 1. The molecule has 4 atom stereocenters. The number of ether oxygens (including phenoxy) is 5. The van der Waals surface area contributed by atoms with Gasteiger partial charge in [-0.1, -0.05) is 78.9 Å². The molecular weight excluding hydrogens is 646 g/mol. The molecule has 0 saturated carbocycles. The quantitative estimate of drug-likeness (QED) is 0.139. The van der Waals surface area contributed by atoms with Gasteiger partial charge < -0.3 is 38.7 Å². The number of rotatable bonds is 12. The van der Waals surface area contributed by atoms with Crippen molar-refractivity contribution in [3.05, 3.63) is 156 Å². The Morgan fingerprint density at radius 2 is 1.37 bits per heavy atom. The van der Waals surface area contributed by atoms with Crippen molar-refractivity contribution in [1.82, 2.24) is 9.55 Å². The van der Waals surface area contributed by atoms with Crippen molar-refractivity contribution in [3.63, 3.8) is 0 Å². The molecule has 0 unspecified atom stereocenters. The number of anilines is 1. The third-order valence-corrected chi connectivity index (χ3v) is 9.38. The number of aliphatic hydroxyl groups is 1. The van der Waals surface area contributed by atoms with Crippen LogP contribution in [0.4, 0.5) is 5.69 Å². The fourth-order valence-electron chi connectivity index (χ4n) is 6.76. The highest BCUT2D eigenvalue weighted by Crippen LogP contribution is 2.43. The molecule has 1 aliphatic rings. The van der Waals surface area contributed by atoms with Crippen LogP contribution in [-0.2, 0) is 19.8 Å². The fraction of sp³-hybridized carbons (Fsp3) is 0.220. The Hall–Kier alpha value is -5.52. The zero-order chi connectivity index (χ0) is 35.4. The first kappa shape index (κ1) is 34.0. The first-order valence-corrected chi connectivity index (χ1v) is 16.6. The molecule has 0 bridgehead atoms. The van der Waals surface area contributed by atoms with Crippen LogP contribution in [-0.4, -0.2) is 66.8 Å². The van der Waals surface area contributed by atoms with Gasteiger partial charge in [-0.25, -0.2) is 4.98 Å². The van der Waals surface area contributed by atoms with Crippen molar-refractivity contribution in [2.75, 3.05) is 33.3 Å². The summed E-state index contributed by atoms with van der Waals surface area (Å²) in [5.74, 6) is 1.19. The van der Waals surface area contributed by atoms with Crippen LogP contribution < -0.4 is 14.8 Å². The second-order valence-electron chi connectivity index (χ2n) is 12.2. The van der Waals surface area contributed by atoms with Gasteiger partial charge in [0.05, 0.1) is 38.4 Å². The number of carbonyl (C=O) groups excluding carboxylic acids is 1. The van der Waals surface area contributed by atoms with Gasteiger partial charge in [0.25, 0.3) is 5.91 Å². The molecule has 260 valence electrons. The summed E-state index contributed by atoms with van der Waals surface area (Å²) in [5, 5.41) is 14.7. The van der Waals surface area contributed by atoms with E-state index >= 15 is 0 Å². The van der Waals surface area contributed by atoms with Gasteiger partial charge in [-0.15, -0.1) is 0 Å². The van der Waals surface area contributed by atoms with Crippen molar-refractivity contribution in [1.29, 1.82) is 0 Å². The molecule has 2 N–H and O–H groups in total. The lowest BCUT2D eigenvalue weighted by Gasteiger charge is -2.37. The van der Waals surface area contributed by atoms with Crippen molar-refractivity contribution in [2.24, 2.45) is 0 Å². The van der Waals surface area contributed by atoms with E-state index in [4.69, 9.17) is 23.7 Å². The number of carbonyl (C=O) groups is 1. The topological polar surface area (TPSA) is 113 Å². The second kappa shape index (κ2) is 14.8. The molecule has 0 spiro atoms. The van der Waals surface area contributed by atoms with Crippen LogP contribution in [0.5, 0.6) is 11.5 Å². The lowest BCUT2D eigenvalue weighted by atomic mass is 9.80. The summed E-state index contributed by atoms with van der Waals surface area (Å²) in [6, 6.07) is 40.0. The molecule has 0 aliphatic carbocycles. The summed E-state index contributed by atoms with van der Waals surface area (Å²) in [5.41, 5.74) is 3.88. The number of amides is 1. The Bertz CT molecular complexity index is 2020. The molecule has 1 amide bonds. The van der Waals surface area contributed by atoms with Gasteiger partial charge in [0, 0.05) is 12.7 Å². The standard InChI is InChI=1S/C41H39N3O7/c1-47-31-21-17-29(18-22-31)41(28-13-8-5-9-14-28,30-19-23-32(48-2)24-20-30)50-25-35-37(45)38(49-3)40(51-35)44-26-42-36-33(15-10-16-34(36)44)43-39(46)27-11-6-4-7-12-27/h4-24,26,35,37-38,40,45H,25H2,1-3H3,(H,43,46)/t35-,37-,38-,40-/m1/s1. The maximum atomic E-state index is 13.0. The molecule has 10 nitrogen and oxygen atoms in total. The van der Waals surface area contributed by atoms with Gasteiger partial charge in [0.15, 0.2) is 6.23 Å². The summed E-state index contributed by atoms with van der Waals surface area (Å²) < 4.78 is 32.3. The highest BCUT2D eigenvalue weighted by atomic mass is 16.6. The summed E-state index contributed by atoms with van der Waals surface area (Å²) in [6.07, 6.45) is -1.67. The van der Waals surface area contributed by atoms with E-state index in [0.29, 0.717) is 33.8 Å². The van der Waals surface area contributed by atoms with Crippen molar-refractivity contribution in [2.45, 2.75) is 30.1 Å². The van der Waals surface area contributed by atoms with E-state index in [1.807, 2.05) is 114 Å². The molecule has 1 fully saturated rings. The van der Waals surface area contributed by atoms with Crippen molar-refractivity contribution >= 4 is 22.6 Å². The Kier molecular flexibility index (Phi) is 9.83. The zero-order valence-corrected chi connectivity index (χ0v) is 28.5. The number of hydrogen-bond acceptors (Lipinski definition) is 8. The van der Waals surface area contributed by atoms with E-state index < -0.39 is 30.1 Å². The molecular formula is C41H39N3O7. The lowest BCUT2D eigenvalue weighted by Crippen LogP contribution is -2.40. The number of imidazole rings is 1. The molecule has 6 aromatic rings. The number of para-hydroxylation sites is 1. The zero-order valence-electron chi connectivity index (χ0n) is 28.5. The van der Waals surface area contributed by atoms with E-state index in [0.717, 1.165) is 16.7 Å². The second-order valence-corrected chi connectivity index (χ2v) is 12.2. The van der Waals surface area contributed by atoms with E-state index in [-0.39, 0.29) is 12.5 Å². The fourth-order valence-corrected chi connectivity index (χ4v) is 6.76. The molecule has 51 heavy (non-hydrogen) atoms. The molecule has 5 aromatic carbocycles. The number of aliphatic hydroxyl groups excluding tert-OH is 1. The van der Waals surface area contributed by atoms with Crippen molar-refractivity contribution < 1.29 is 33.6 Å². The van der Waals surface area contributed by atoms with Crippen LogP contribution in [0, 0.1) is 0 Å². The maximum Gasteiger partial charge on any atom is 0.255 e. The van der Waals surface area contributed by atoms with E-state index in [1.54, 1.807) is 45.9 Å². The number of nitrogens with zero attached hydrogens (tertiary/aromatic N) is 2. The SMILES string of the molecule is COc1ccc(C(OC[C@H]2O[C@@H](n3cnc4c(NC(=O)c5ccccc5)cccc43)[C@H](OC)[C@@H]2O)(c2ccccc2)c2ccc(OC)cc2)cc1. The highest BCUT2D eigenvalue weighted by Gasteiger charge is 2.47. The monoisotopic (exact) mass is 685 g/mol. The van der Waals surface area contributed by atoms with Crippen LogP contribution >= 0.6 is 0 Å². The first-order chi connectivity index (χ1) is 25.0. The highest BCUT2D eigenvalue weighted by molar-refractivity contribution is 6.08. The van der Waals surface area contributed by atoms with Gasteiger partial charge in [-0.3, -0.25) is 4.79 Å². The predicted molar refractivity (Wildman–Crippen MR) is 193 cm³/mol. The Morgan fingerprint density at radius 3 is 1.96 bits per heavy atom. The average molecular weight is 686 g/mol. The van der Waals surface area contributed by atoms with E-state index in [9.17, 15) is 9.90 Å². The summed E-state index contributed by atoms with van der Waals surface area (Å²) in [6.45, 7) is 0.00942. The number of fused-ring (bicyclic) bond motifs is 1. The van der Waals surface area contributed by atoms with E-state index in [2.05, 4.69) is 10.3 Å². The molecule has 0 radical (unpaired) electrons. The average Bonchev–Trinajstić information content (AvgIpc) is 3.77. The molecule has 10 heteroatoms. The Balaban J connectivity index is 1.22. The van der Waals surface area contributed by atoms with Crippen molar-refractivity contribution in [3.8, 4) is 11.5 Å². The van der Waals surface area contributed by atoms with E-state index in [1.165, 1.54) is 0 Å². The molecule has 1 aromatic heterocycles. The van der Waals surface area contributed by atoms with Crippen LogP contribution in [0.3, 0.4) is 0 Å². The predicted octanol–water partition coefficient (Wildman–Crippen LogP) is 6.59. The van der Waals surface area contributed by atoms with Gasteiger partial charge in [-0.2, -0.15) is 0 Å². The minimum atomic E-state index is -1.10. The van der Waals surface area contributed by atoms with Gasteiger partial charge in [0.2, 0.25) is 0 Å².